The van der Waals surface area contributed by atoms with Crippen molar-refractivity contribution in [1.82, 2.24) is 0 Å². The molecule has 0 bridgehead atoms. The predicted molar refractivity (Wildman–Crippen MR) is 56.3 cm³/mol. The Balaban J connectivity index is 2.22. The maximum Gasteiger partial charge on any atom is 0.260 e. The van der Waals surface area contributed by atoms with Crippen molar-refractivity contribution < 1.29 is 13.5 Å². The average molecular weight is 236 g/mol. The molecular formula is C9H14F2N2OS. The van der Waals surface area contributed by atoms with Crippen LogP contribution in [0.5, 0.6) is 0 Å². The standard InChI is InChI=1S/C9H14F2N2OS/c1-2-9(10,11)7-5-3-14-4-6(5)13-8(12)15-7/h5-7H,2-4H2,1H3,(H2,12,13). The highest BCUT2D eigenvalue weighted by Gasteiger charge is 2.50. The van der Waals surface area contributed by atoms with E-state index in [1.165, 1.54) is 6.92 Å². The Bertz CT molecular complexity index is 285. The number of ether oxygens (including phenoxy) is 1. The summed E-state index contributed by atoms with van der Waals surface area (Å²) in [5.74, 6) is -2.89. The zero-order chi connectivity index (χ0) is 11.1. The predicted octanol–water partition coefficient (Wildman–Crippen LogP) is 1.48. The lowest BCUT2D eigenvalue weighted by molar-refractivity contribution is -0.0212. The van der Waals surface area contributed by atoms with Crippen molar-refractivity contribution in [3.63, 3.8) is 0 Å². The summed E-state index contributed by atoms with van der Waals surface area (Å²) in [5.41, 5.74) is 5.56. The van der Waals surface area contributed by atoms with Crippen molar-refractivity contribution in [3.8, 4) is 0 Å². The molecule has 2 heterocycles. The fourth-order valence-corrected chi connectivity index (χ4v) is 3.22. The van der Waals surface area contributed by atoms with Gasteiger partial charge in [-0.1, -0.05) is 18.7 Å². The molecule has 1 saturated heterocycles. The third-order valence-corrected chi connectivity index (χ3v) is 4.21. The Kier molecular flexibility index (Phi) is 2.89. The van der Waals surface area contributed by atoms with Gasteiger partial charge in [0.1, 0.15) is 0 Å². The average Bonchev–Trinajstić information content (AvgIpc) is 2.63. The maximum absolute atomic E-state index is 13.7. The van der Waals surface area contributed by atoms with Crippen molar-refractivity contribution in [2.24, 2.45) is 16.6 Å². The lowest BCUT2D eigenvalue weighted by Gasteiger charge is -2.34. The first-order valence-electron chi connectivity index (χ1n) is 5.00. The molecule has 86 valence electrons. The molecule has 2 N–H and O–H groups in total. The van der Waals surface area contributed by atoms with E-state index >= 15 is 0 Å². The van der Waals surface area contributed by atoms with Gasteiger partial charge in [-0.15, -0.1) is 0 Å². The van der Waals surface area contributed by atoms with Gasteiger partial charge < -0.3 is 10.5 Å². The number of amidine groups is 1. The molecule has 2 aliphatic rings. The summed E-state index contributed by atoms with van der Waals surface area (Å²) in [7, 11) is 0. The van der Waals surface area contributed by atoms with Gasteiger partial charge in [-0.05, 0) is 0 Å². The van der Waals surface area contributed by atoms with Crippen LogP contribution in [0.2, 0.25) is 0 Å². The molecule has 15 heavy (non-hydrogen) atoms. The Hall–Kier alpha value is -0.360. The summed E-state index contributed by atoms with van der Waals surface area (Å²) in [5, 5.41) is -0.521. The molecule has 0 aromatic heterocycles. The largest absolute Gasteiger partial charge is 0.379 e. The van der Waals surface area contributed by atoms with Crippen LogP contribution in [0.15, 0.2) is 4.99 Å². The van der Waals surface area contributed by atoms with Gasteiger partial charge in [0.2, 0.25) is 0 Å². The SMILES string of the molecule is CCC(F)(F)C1SC(N)=NC2COCC21. The minimum absolute atomic E-state index is 0.166. The van der Waals surface area contributed by atoms with Gasteiger partial charge in [-0.3, -0.25) is 4.99 Å². The van der Waals surface area contributed by atoms with Crippen molar-refractivity contribution >= 4 is 16.9 Å². The summed E-state index contributed by atoms with van der Waals surface area (Å²) in [4.78, 5) is 4.14. The number of thioether (sulfide) groups is 1. The molecule has 1 fully saturated rings. The van der Waals surface area contributed by atoms with Crippen molar-refractivity contribution in [2.45, 2.75) is 30.6 Å². The molecular weight excluding hydrogens is 222 g/mol. The number of nitrogens with two attached hydrogens (primary N) is 1. The number of hydrogen-bond donors (Lipinski definition) is 1. The van der Waals surface area contributed by atoms with Crippen LogP contribution >= 0.6 is 11.8 Å². The van der Waals surface area contributed by atoms with E-state index in [1.807, 2.05) is 0 Å². The monoisotopic (exact) mass is 236 g/mol. The van der Waals surface area contributed by atoms with Gasteiger partial charge in [-0.25, -0.2) is 8.78 Å². The highest BCUT2D eigenvalue weighted by Crippen LogP contribution is 2.43. The van der Waals surface area contributed by atoms with E-state index in [-0.39, 0.29) is 23.5 Å². The van der Waals surface area contributed by atoms with Gasteiger partial charge in [0.25, 0.3) is 5.92 Å². The molecule has 0 amide bonds. The van der Waals surface area contributed by atoms with Gasteiger partial charge in [-0.2, -0.15) is 0 Å². The molecule has 2 rings (SSSR count). The Morgan fingerprint density at radius 1 is 1.60 bits per heavy atom. The Labute approximate surface area is 91.5 Å². The van der Waals surface area contributed by atoms with Crippen LogP contribution in [0.3, 0.4) is 0 Å². The molecule has 3 unspecified atom stereocenters. The molecule has 0 saturated carbocycles. The number of nitrogens with zero attached hydrogens (tertiary/aromatic N) is 1. The highest BCUT2D eigenvalue weighted by molar-refractivity contribution is 8.14. The summed E-state index contributed by atoms with van der Waals surface area (Å²) in [6.45, 7) is 2.28. The van der Waals surface area contributed by atoms with E-state index < -0.39 is 11.2 Å². The quantitative estimate of drug-likeness (QED) is 0.790. The van der Waals surface area contributed by atoms with Gasteiger partial charge in [0.15, 0.2) is 5.17 Å². The van der Waals surface area contributed by atoms with E-state index in [1.54, 1.807) is 0 Å². The molecule has 3 nitrogen and oxygen atoms in total. The molecule has 0 radical (unpaired) electrons. The zero-order valence-corrected chi connectivity index (χ0v) is 9.27. The van der Waals surface area contributed by atoms with Gasteiger partial charge in [0, 0.05) is 12.3 Å². The van der Waals surface area contributed by atoms with E-state index in [9.17, 15) is 8.78 Å². The zero-order valence-electron chi connectivity index (χ0n) is 8.45. The number of alkyl halides is 2. The molecule has 2 aliphatic heterocycles. The number of fused-ring (bicyclic) bond motifs is 1. The van der Waals surface area contributed by atoms with Crippen LogP contribution < -0.4 is 5.73 Å². The Morgan fingerprint density at radius 2 is 2.33 bits per heavy atom. The fraction of sp³-hybridized carbons (Fsp3) is 0.889. The topological polar surface area (TPSA) is 47.6 Å². The third-order valence-electron chi connectivity index (χ3n) is 2.91. The highest BCUT2D eigenvalue weighted by atomic mass is 32.2. The molecule has 3 atom stereocenters. The fourth-order valence-electron chi connectivity index (χ4n) is 1.99. The second-order valence-electron chi connectivity index (χ2n) is 3.89. The second kappa shape index (κ2) is 3.90. The van der Waals surface area contributed by atoms with Crippen LogP contribution in [0.4, 0.5) is 8.78 Å². The third kappa shape index (κ3) is 1.97. The van der Waals surface area contributed by atoms with Crippen LogP contribution in [0, 0.1) is 5.92 Å². The van der Waals surface area contributed by atoms with Crippen molar-refractivity contribution in [3.05, 3.63) is 0 Å². The minimum Gasteiger partial charge on any atom is -0.379 e. The lowest BCUT2D eigenvalue weighted by Crippen LogP contribution is -2.45. The van der Waals surface area contributed by atoms with Crippen LogP contribution in [-0.2, 0) is 4.74 Å². The Morgan fingerprint density at radius 3 is 3.00 bits per heavy atom. The first kappa shape index (κ1) is 11.1. The van der Waals surface area contributed by atoms with E-state index in [4.69, 9.17) is 10.5 Å². The molecule has 0 spiro atoms. The smallest absolute Gasteiger partial charge is 0.260 e. The van der Waals surface area contributed by atoms with E-state index in [2.05, 4.69) is 4.99 Å². The summed E-state index contributed by atoms with van der Waals surface area (Å²) in [6, 6.07) is -0.173. The minimum atomic E-state index is -2.69. The van der Waals surface area contributed by atoms with E-state index in [0.29, 0.717) is 13.2 Å². The van der Waals surface area contributed by atoms with Crippen LogP contribution in [0.1, 0.15) is 13.3 Å². The molecule has 0 aromatic carbocycles. The number of hydrogen-bond acceptors (Lipinski definition) is 4. The second-order valence-corrected chi connectivity index (χ2v) is 5.05. The van der Waals surface area contributed by atoms with Crippen LogP contribution in [0.25, 0.3) is 0 Å². The first-order valence-corrected chi connectivity index (χ1v) is 5.88. The number of rotatable bonds is 2. The van der Waals surface area contributed by atoms with E-state index in [0.717, 1.165) is 11.8 Å². The summed E-state index contributed by atoms with van der Waals surface area (Å²) < 4.78 is 32.5. The van der Waals surface area contributed by atoms with Crippen LogP contribution in [-0.4, -0.2) is 35.6 Å². The molecule has 0 aliphatic carbocycles. The molecule has 6 heteroatoms. The van der Waals surface area contributed by atoms with Gasteiger partial charge in [0.05, 0.1) is 24.5 Å². The summed E-state index contributed by atoms with van der Waals surface area (Å²) >= 11 is 0.992. The van der Waals surface area contributed by atoms with Crippen molar-refractivity contribution in [1.29, 1.82) is 0 Å². The van der Waals surface area contributed by atoms with Gasteiger partial charge >= 0.3 is 0 Å². The normalized spacial score (nSPS) is 36.2. The number of halogens is 2. The summed E-state index contributed by atoms with van der Waals surface area (Å²) in [6.07, 6.45) is -0.166. The maximum atomic E-state index is 13.7. The first-order chi connectivity index (χ1) is 7.04. The lowest BCUT2D eigenvalue weighted by atomic mass is 9.94. The number of aliphatic imine (C=N–C) groups is 1. The van der Waals surface area contributed by atoms with Crippen molar-refractivity contribution in [2.75, 3.05) is 13.2 Å². The molecule has 0 aromatic rings.